The van der Waals surface area contributed by atoms with Crippen molar-refractivity contribution in [3.63, 3.8) is 0 Å². The number of hydrogen-bond acceptors (Lipinski definition) is 4. The van der Waals surface area contributed by atoms with Crippen LogP contribution < -0.4 is 5.32 Å². The van der Waals surface area contributed by atoms with Crippen LogP contribution in [0.5, 0.6) is 0 Å². The van der Waals surface area contributed by atoms with Crippen LogP contribution in [0, 0.1) is 18.6 Å². The Bertz CT molecular complexity index is 634. The van der Waals surface area contributed by atoms with Crippen LogP contribution in [0.1, 0.15) is 23.0 Å². The van der Waals surface area contributed by atoms with E-state index in [1.54, 1.807) is 6.92 Å². The monoisotopic (exact) mass is 302 g/mol. The number of Topliss-reactive ketones (excluding diaryl/α,β-unsaturated/α-hetero) is 1. The highest BCUT2D eigenvalue weighted by Gasteiger charge is 2.18. The van der Waals surface area contributed by atoms with Gasteiger partial charge in [0.25, 0.3) is 0 Å². The zero-order chi connectivity index (χ0) is 14.2. The van der Waals surface area contributed by atoms with Gasteiger partial charge in [-0.1, -0.05) is 11.6 Å². The fraction of sp³-hybridized carbons (Fsp3) is 0.167. The van der Waals surface area contributed by atoms with E-state index in [2.05, 4.69) is 9.69 Å². The molecule has 19 heavy (non-hydrogen) atoms. The Morgan fingerprint density at radius 1 is 1.42 bits per heavy atom. The first kappa shape index (κ1) is 13.9. The Morgan fingerprint density at radius 2 is 2.11 bits per heavy atom. The van der Waals surface area contributed by atoms with E-state index in [1.165, 1.54) is 6.92 Å². The van der Waals surface area contributed by atoms with Crippen LogP contribution in [0.4, 0.5) is 19.5 Å². The average molecular weight is 303 g/mol. The van der Waals surface area contributed by atoms with Crippen LogP contribution in [-0.2, 0) is 0 Å². The number of aromatic nitrogens is 1. The maximum absolute atomic E-state index is 13.6. The molecule has 1 N–H and O–H groups in total. The summed E-state index contributed by atoms with van der Waals surface area (Å²) in [7, 11) is 0. The molecule has 0 radical (unpaired) electrons. The summed E-state index contributed by atoms with van der Waals surface area (Å²) in [5.41, 5.74) is 0.859. The first-order valence-corrected chi connectivity index (χ1v) is 6.44. The van der Waals surface area contributed by atoms with Crippen molar-refractivity contribution in [2.75, 3.05) is 5.32 Å². The van der Waals surface area contributed by atoms with E-state index in [4.69, 9.17) is 11.6 Å². The third-order valence-corrected chi connectivity index (χ3v) is 3.61. The molecule has 0 aliphatic rings. The van der Waals surface area contributed by atoms with Crippen LogP contribution >= 0.6 is 23.1 Å². The van der Waals surface area contributed by atoms with Gasteiger partial charge in [-0.25, -0.2) is 8.78 Å². The second kappa shape index (κ2) is 5.22. The fourth-order valence-corrected chi connectivity index (χ4v) is 2.74. The molecular formula is C12H9ClF2N2OS. The quantitative estimate of drug-likeness (QED) is 0.858. The predicted molar refractivity (Wildman–Crippen MR) is 71.5 cm³/mol. The summed E-state index contributed by atoms with van der Waals surface area (Å²) >= 11 is 6.80. The third-order valence-electron chi connectivity index (χ3n) is 2.46. The average Bonchev–Trinajstić information content (AvgIpc) is 2.64. The van der Waals surface area contributed by atoms with Crippen LogP contribution in [0.25, 0.3) is 0 Å². The van der Waals surface area contributed by atoms with Crippen molar-refractivity contribution >= 4 is 39.6 Å². The molecule has 0 saturated carbocycles. The molecule has 2 rings (SSSR count). The van der Waals surface area contributed by atoms with Gasteiger partial charge < -0.3 is 5.32 Å². The number of hydrogen-bond donors (Lipinski definition) is 1. The number of aryl methyl sites for hydroxylation is 1. The van der Waals surface area contributed by atoms with Gasteiger partial charge in [0.2, 0.25) is 0 Å². The highest BCUT2D eigenvalue weighted by molar-refractivity contribution is 7.10. The number of nitrogens with zero attached hydrogens (tertiary/aromatic N) is 1. The SMILES string of the molecule is CC(=O)c1c(C)nsc1Nc1c(F)cc(F)cc1Cl. The molecule has 1 aromatic carbocycles. The standard InChI is InChI=1S/C12H9ClF2N2OS/c1-5-10(6(2)18)12(19-17-5)16-11-8(13)3-7(14)4-9(11)15/h3-4,16H,1-2H3. The molecule has 0 aliphatic heterocycles. The van der Waals surface area contributed by atoms with Crippen LogP contribution in [0.15, 0.2) is 12.1 Å². The van der Waals surface area contributed by atoms with Crippen molar-refractivity contribution in [3.8, 4) is 0 Å². The molecule has 0 bridgehead atoms. The molecule has 0 spiro atoms. The van der Waals surface area contributed by atoms with Crippen molar-refractivity contribution in [3.05, 3.63) is 40.0 Å². The largest absolute Gasteiger partial charge is 0.342 e. The first-order chi connectivity index (χ1) is 8.90. The molecule has 3 nitrogen and oxygen atoms in total. The molecule has 1 aromatic heterocycles. The van der Waals surface area contributed by atoms with Gasteiger partial charge >= 0.3 is 0 Å². The Balaban J connectivity index is 2.45. The van der Waals surface area contributed by atoms with E-state index < -0.39 is 11.6 Å². The molecule has 1 heterocycles. The fourth-order valence-electron chi connectivity index (χ4n) is 1.64. The summed E-state index contributed by atoms with van der Waals surface area (Å²) in [6.45, 7) is 3.07. The Morgan fingerprint density at radius 3 is 2.68 bits per heavy atom. The first-order valence-electron chi connectivity index (χ1n) is 5.29. The number of anilines is 2. The molecule has 0 fully saturated rings. The minimum Gasteiger partial charge on any atom is -0.342 e. The predicted octanol–water partition coefficient (Wildman–Crippen LogP) is 4.33. The summed E-state index contributed by atoms with van der Waals surface area (Å²) in [4.78, 5) is 11.5. The second-order valence-electron chi connectivity index (χ2n) is 3.90. The van der Waals surface area contributed by atoms with Crippen molar-refractivity contribution in [2.24, 2.45) is 0 Å². The van der Waals surface area contributed by atoms with Gasteiger partial charge in [-0.3, -0.25) is 4.79 Å². The topological polar surface area (TPSA) is 42.0 Å². The van der Waals surface area contributed by atoms with Gasteiger partial charge in [0.05, 0.1) is 22.0 Å². The summed E-state index contributed by atoms with van der Waals surface area (Å²) in [5, 5.41) is 2.99. The van der Waals surface area contributed by atoms with Gasteiger partial charge in [0.1, 0.15) is 10.8 Å². The number of halogens is 3. The van der Waals surface area contributed by atoms with Gasteiger partial charge in [0.15, 0.2) is 11.6 Å². The zero-order valence-corrected chi connectivity index (χ0v) is 11.6. The molecule has 0 amide bonds. The molecule has 0 atom stereocenters. The van der Waals surface area contributed by atoms with E-state index in [0.717, 1.165) is 23.7 Å². The molecule has 0 saturated heterocycles. The maximum atomic E-state index is 13.6. The van der Waals surface area contributed by atoms with Crippen LogP contribution in [0.3, 0.4) is 0 Å². The number of nitrogens with one attached hydrogen (secondary N) is 1. The molecular weight excluding hydrogens is 294 g/mol. The van der Waals surface area contributed by atoms with Crippen LogP contribution in [-0.4, -0.2) is 10.2 Å². The minimum absolute atomic E-state index is 0.0748. The molecule has 100 valence electrons. The van der Waals surface area contributed by atoms with Crippen molar-refractivity contribution in [1.29, 1.82) is 0 Å². The van der Waals surface area contributed by atoms with Crippen molar-refractivity contribution in [1.82, 2.24) is 4.37 Å². The number of carbonyl (C=O) groups is 1. The Kier molecular flexibility index (Phi) is 3.82. The smallest absolute Gasteiger partial charge is 0.164 e. The number of ketones is 1. The lowest BCUT2D eigenvalue weighted by molar-refractivity contribution is 0.101. The number of carbonyl (C=O) groups excluding carboxylic acids is 1. The van der Waals surface area contributed by atoms with E-state index in [0.29, 0.717) is 16.3 Å². The molecule has 0 aliphatic carbocycles. The van der Waals surface area contributed by atoms with Crippen molar-refractivity contribution < 1.29 is 13.6 Å². The third kappa shape index (κ3) is 2.74. The summed E-state index contributed by atoms with van der Waals surface area (Å²) in [6.07, 6.45) is 0. The highest BCUT2D eigenvalue weighted by atomic mass is 35.5. The van der Waals surface area contributed by atoms with E-state index >= 15 is 0 Å². The molecule has 0 unspecified atom stereocenters. The van der Waals surface area contributed by atoms with Gasteiger partial charge in [-0.05, 0) is 31.4 Å². The summed E-state index contributed by atoms with van der Waals surface area (Å²) in [6, 6.07) is 1.71. The molecule has 7 heteroatoms. The van der Waals surface area contributed by atoms with Gasteiger partial charge in [0, 0.05) is 6.07 Å². The Labute approximate surface area is 117 Å². The Hall–Kier alpha value is -1.53. The van der Waals surface area contributed by atoms with E-state index in [9.17, 15) is 13.6 Å². The van der Waals surface area contributed by atoms with E-state index in [1.807, 2.05) is 0 Å². The zero-order valence-electron chi connectivity index (χ0n) is 10.1. The lowest BCUT2D eigenvalue weighted by atomic mass is 10.2. The van der Waals surface area contributed by atoms with Crippen LogP contribution in [0.2, 0.25) is 5.02 Å². The summed E-state index contributed by atoms with van der Waals surface area (Å²) in [5.74, 6) is -1.78. The second-order valence-corrected chi connectivity index (χ2v) is 5.08. The highest BCUT2D eigenvalue weighted by Crippen LogP contribution is 2.33. The lowest BCUT2D eigenvalue weighted by Gasteiger charge is -2.09. The van der Waals surface area contributed by atoms with Gasteiger partial charge in [-0.15, -0.1) is 0 Å². The lowest BCUT2D eigenvalue weighted by Crippen LogP contribution is -2.01. The van der Waals surface area contributed by atoms with Crippen molar-refractivity contribution in [2.45, 2.75) is 13.8 Å². The molecule has 2 aromatic rings. The minimum atomic E-state index is -0.828. The summed E-state index contributed by atoms with van der Waals surface area (Å²) < 4.78 is 30.6. The number of rotatable bonds is 3. The number of benzene rings is 1. The maximum Gasteiger partial charge on any atom is 0.164 e. The van der Waals surface area contributed by atoms with E-state index in [-0.39, 0.29) is 16.5 Å². The normalized spacial score (nSPS) is 10.6. The van der Waals surface area contributed by atoms with Gasteiger partial charge in [-0.2, -0.15) is 4.37 Å².